The number of hydrogen-bond acceptors (Lipinski definition) is 2. The lowest BCUT2D eigenvalue weighted by molar-refractivity contribution is 0.261. The fourth-order valence-electron chi connectivity index (χ4n) is 1.05. The Bertz CT molecular complexity index is 299. The van der Waals surface area contributed by atoms with E-state index in [1.807, 2.05) is 39.2 Å². The lowest BCUT2D eigenvalue weighted by Crippen LogP contribution is -2.19. The quantitative estimate of drug-likeness (QED) is 0.763. The smallest absolute Gasteiger partial charge is 0.119 e. The van der Waals surface area contributed by atoms with E-state index in [0.717, 1.165) is 22.9 Å². The second kappa shape index (κ2) is 5.23. The second-order valence-corrected chi connectivity index (χ2v) is 3.97. The number of nitrogens with zero attached hydrogens (tertiary/aromatic N) is 1. The van der Waals surface area contributed by atoms with Crippen LogP contribution < -0.4 is 4.74 Å². The molecule has 14 heavy (non-hydrogen) atoms. The van der Waals surface area contributed by atoms with Gasteiger partial charge in [0.25, 0.3) is 0 Å². The van der Waals surface area contributed by atoms with Crippen molar-refractivity contribution >= 4 is 11.6 Å². The van der Waals surface area contributed by atoms with Gasteiger partial charge in [0.05, 0.1) is 0 Å². The van der Waals surface area contributed by atoms with Crippen molar-refractivity contribution in [1.29, 1.82) is 0 Å². The van der Waals surface area contributed by atoms with Crippen LogP contribution in [0.2, 0.25) is 5.02 Å². The molecule has 0 aliphatic carbocycles. The first-order valence-electron chi connectivity index (χ1n) is 4.63. The molecule has 0 unspecified atom stereocenters. The van der Waals surface area contributed by atoms with E-state index in [1.54, 1.807) is 0 Å². The maximum Gasteiger partial charge on any atom is 0.119 e. The zero-order chi connectivity index (χ0) is 10.6. The van der Waals surface area contributed by atoms with Crippen LogP contribution in [-0.2, 0) is 0 Å². The topological polar surface area (TPSA) is 12.5 Å². The fourth-order valence-corrected chi connectivity index (χ4v) is 1.17. The van der Waals surface area contributed by atoms with Gasteiger partial charge < -0.3 is 9.64 Å². The van der Waals surface area contributed by atoms with Gasteiger partial charge in [0.2, 0.25) is 0 Å². The summed E-state index contributed by atoms with van der Waals surface area (Å²) in [4.78, 5) is 2.09. The Hall–Kier alpha value is -0.730. The van der Waals surface area contributed by atoms with Gasteiger partial charge in [-0.2, -0.15) is 0 Å². The number of benzene rings is 1. The average molecular weight is 214 g/mol. The first-order chi connectivity index (χ1) is 6.59. The van der Waals surface area contributed by atoms with E-state index < -0.39 is 0 Å². The van der Waals surface area contributed by atoms with E-state index in [9.17, 15) is 0 Å². The molecule has 0 saturated carbocycles. The van der Waals surface area contributed by atoms with Crippen molar-refractivity contribution in [2.75, 3.05) is 27.2 Å². The van der Waals surface area contributed by atoms with Crippen LogP contribution in [0.15, 0.2) is 18.2 Å². The van der Waals surface area contributed by atoms with E-state index in [2.05, 4.69) is 4.90 Å². The molecule has 0 saturated heterocycles. The second-order valence-electron chi connectivity index (χ2n) is 3.56. The van der Waals surface area contributed by atoms with Crippen LogP contribution in [0.3, 0.4) is 0 Å². The van der Waals surface area contributed by atoms with Crippen LogP contribution in [-0.4, -0.2) is 32.1 Å². The Kier molecular flexibility index (Phi) is 4.23. The molecule has 0 amide bonds. The van der Waals surface area contributed by atoms with Crippen molar-refractivity contribution in [3.05, 3.63) is 28.8 Å². The fraction of sp³-hybridized carbons (Fsp3) is 0.455. The number of aryl methyl sites for hydroxylation is 1. The highest BCUT2D eigenvalue weighted by Crippen LogP contribution is 2.20. The molecule has 0 fully saturated rings. The number of halogens is 1. The van der Waals surface area contributed by atoms with Gasteiger partial charge in [-0.3, -0.25) is 0 Å². The Labute approximate surface area is 90.4 Å². The summed E-state index contributed by atoms with van der Waals surface area (Å²) in [6.07, 6.45) is 0. The third kappa shape index (κ3) is 3.56. The van der Waals surface area contributed by atoms with Crippen molar-refractivity contribution in [3.8, 4) is 5.75 Å². The lowest BCUT2D eigenvalue weighted by Gasteiger charge is -2.11. The van der Waals surface area contributed by atoms with Gasteiger partial charge in [0, 0.05) is 11.6 Å². The van der Waals surface area contributed by atoms with Crippen LogP contribution >= 0.6 is 11.6 Å². The minimum absolute atomic E-state index is 0.702. The monoisotopic (exact) mass is 213 g/mol. The zero-order valence-electron chi connectivity index (χ0n) is 8.88. The number of rotatable bonds is 4. The van der Waals surface area contributed by atoms with E-state index in [4.69, 9.17) is 16.3 Å². The molecule has 0 heterocycles. The highest BCUT2D eigenvalue weighted by atomic mass is 35.5. The molecule has 0 aromatic heterocycles. The molecule has 1 rings (SSSR count). The summed E-state index contributed by atoms with van der Waals surface area (Å²) in [6, 6.07) is 5.71. The van der Waals surface area contributed by atoms with Crippen molar-refractivity contribution in [1.82, 2.24) is 4.90 Å². The molecule has 3 heteroatoms. The van der Waals surface area contributed by atoms with Gasteiger partial charge in [0.1, 0.15) is 12.4 Å². The number of hydrogen-bond donors (Lipinski definition) is 0. The summed E-state index contributed by atoms with van der Waals surface area (Å²) in [6.45, 7) is 3.59. The molecular formula is C11H16ClNO. The lowest BCUT2D eigenvalue weighted by atomic mass is 10.2. The van der Waals surface area contributed by atoms with Crippen LogP contribution in [0, 0.1) is 6.92 Å². The largest absolute Gasteiger partial charge is 0.492 e. The molecule has 0 radical (unpaired) electrons. The van der Waals surface area contributed by atoms with Crippen molar-refractivity contribution in [2.45, 2.75) is 6.92 Å². The van der Waals surface area contributed by atoms with Crippen molar-refractivity contribution in [3.63, 3.8) is 0 Å². The molecule has 0 aliphatic rings. The molecule has 2 nitrogen and oxygen atoms in total. The third-order valence-corrected chi connectivity index (χ3v) is 2.36. The zero-order valence-corrected chi connectivity index (χ0v) is 9.64. The van der Waals surface area contributed by atoms with Gasteiger partial charge in [-0.05, 0) is 44.8 Å². The normalized spacial score (nSPS) is 10.6. The van der Waals surface area contributed by atoms with Crippen LogP contribution in [0.1, 0.15) is 5.56 Å². The van der Waals surface area contributed by atoms with E-state index in [0.29, 0.717) is 6.61 Å². The molecule has 0 spiro atoms. The van der Waals surface area contributed by atoms with Gasteiger partial charge >= 0.3 is 0 Å². The molecule has 1 aromatic rings. The molecule has 0 aliphatic heterocycles. The Morgan fingerprint density at radius 3 is 2.64 bits per heavy atom. The van der Waals surface area contributed by atoms with Gasteiger partial charge in [-0.25, -0.2) is 0 Å². The predicted molar refractivity (Wildman–Crippen MR) is 60.2 cm³/mol. The first-order valence-corrected chi connectivity index (χ1v) is 5.01. The van der Waals surface area contributed by atoms with Crippen molar-refractivity contribution < 1.29 is 4.74 Å². The molecule has 0 N–H and O–H groups in total. The van der Waals surface area contributed by atoms with Crippen LogP contribution in [0.5, 0.6) is 5.75 Å². The van der Waals surface area contributed by atoms with E-state index >= 15 is 0 Å². The first kappa shape index (κ1) is 11.3. The SMILES string of the molecule is Cc1cc(OCCN(C)C)ccc1Cl. The summed E-state index contributed by atoms with van der Waals surface area (Å²) in [5.41, 5.74) is 1.05. The summed E-state index contributed by atoms with van der Waals surface area (Å²) < 4.78 is 5.55. The van der Waals surface area contributed by atoms with E-state index in [-0.39, 0.29) is 0 Å². The molecular weight excluding hydrogens is 198 g/mol. The summed E-state index contributed by atoms with van der Waals surface area (Å²) >= 11 is 5.90. The van der Waals surface area contributed by atoms with Gasteiger partial charge in [-0.1, -0.05) is 11.6 Å². The maximum absolute atomic E-state index is 5.90. The Balaban J connectivity index is 2.47. The number of likely N-dealkylation sites (N-methyl/N-ethyl adjacent to an activating group) is 1. The highest BCUT2D eigenvalue weighted by molar-refractivity contribution is 6.31. The number of ether oxygens (including phenoxy) is 1. The van der Waals surface area contributed by atoms with E-state index in [1.165, 1.54) is 0 Å². The minimum Gasteiger partial charge on any atom is -0.492 e. The Morgan fingerprint density at radius 2 is 2.07 bits per heavy atom. The van der Waals surface area contributed by atoms with Crippen LogP contribution in [0.4, 0.5) is 0 Å². The summed E-state index contributed by atoms with van der Waals surface area (Å²) in [7, 11) is 4.05. The molecule has 1 aromatic carbocycles. The van der Waals surface area contributed by atoms with Crippen LogP contribution in [0.25, 0.3) is 0 Å². The maximum atomic E-state index is 5.90. The summed E-state index contributed by atoms with van der Waals surface area (Å²) in [5.74, 6) is 0.883. The molecule has 0 atom stereocenters. The molecule has 78 valence electrons. The molecule has 0 bridgehead atoms. The Morgan fingerprint density at radius 1 is 1.36 bits per heavy atom. The summed E-state index contributed by atoms with van der Waals surface area (Å²) in [5, 5.41) is 0.782. The predicted octanol–water partition coefficient (Wildman–Crippen LogP) is 2.59. The highest BCUT2D eigenvalue weighted by Gasteiger charge is 1.98. The average Bonchev–Trinajstić information content (AvgIpc) is 2.10. The van der Waals surface area contributed by atoms with Gasteiger partial charge in [-0.15, -0.1) is 0 Å². The van der Waals surface area contributed by atoms with Crippen molar-refractivity contribution in [2.24, 2.45) is 0 Å². The van der Waals surface area contributed by atoms with Gasteiger partial charge in [0.15, 0.2) is 0 Å². The standard InChI is InChI=1S/C11H16ClNO/c1-9-8-10(4-5-11(9)12)14-7-6-13(2)3/h4-5,8H,6-7H2,1-3H3. The minimum atomic E-state index is 0.702. The third-order valence-electron chi connectivity index (χ3n) is 1.94.